The van der Waals surface area contributed by atoms with Gasteiger partial charge < -0.3 is 20.6 Å². The van der Waals surface area contributed by atoms with Crippen molar-refractivity contribution in [3.63, 3.8) is 0 Å². The second kappa shape index (κ2) is 10.8. The molecular weight excluding hydrogens is 434 g/mol. The fraction of sp³-hybridized carbons (Fsp3) is 0.379. The van der Waals surface area contributed by atoms with Crippen molar-refractivity contribution in [3.8, 4) is 22.9 Å². The van der Waals surface area contributed by atoms with Gasteiger partial charge in [0.15, 0.2) is 0 Å². The van der Waals surface area contributed by atoms with Gasteiger partial charge in [0, 0.05) is 48.7 Å². The first kappa shape index (κ1) is 23.2. The van der Waals surface area contributed by atoms with Crippen molar-refractivity contribution in [2.24, 2.45) is 0 Å². The smallest absolute Gasteiger partial charge is 0.126 e. The second-order valence-electron chi connectivity index (χ2n) is 9.70. The summed E-state index contributed by atoms with van der Waals surface area (Å²) in [5, 5.41) is 27.0. The molecule has 0 bridgehead atoms. The van der Waals surface area contributed by atoms with Crippen LogP contribution in [0.15, 0.2) is 66.9 Å². The molecule has 2 aliphatic rings. The molecule has 5 rings (SSSR count). The van der Waals surface area contributed by atoms with Crippen LogP contribution >= 0.6 is 0 Å². The average molecular weight is 468 g/mol. The van der Waals surface area contributed by atoms with Crippen molar-refractivity contribution in [2.45, 2.75) is 56.7 Å². The molecule has 0 radical (unpaired) electrons. The van der Waals surface area contributed by atoms with Gasteiger partial charge in [-0.3, -0.25) is 0 Å². The predicted molar refractivity (Wildman–Crippen MR) is 141 cm³/mol. The maximum Gasteiger partial charge on any atom is 0.126 e. The molecule has 1 aliphatic carbocycles. The Bertz CT molecular complexity index is 1170. The van der Waals surface area contributed by atoms with Gasteiger partial charge in [-0.2, -0.15) is 5.26 Å². The molecule has 0 spiro atoms. The van der Waals surface area contributed by atoms with E-state index in [1.165, 1.54) is 24.9 Å². The van der Waals surface area contributed by atoms with Crippen molar-refractivity contribution in [1.82, 2.24) is 10.3 Å². The van der Waals surface area contributed by atoms with Crippen LogP contribution < -0.4 is 15.5 Å². The number of hydrogen-bond acceptors (Lipinski definition) is 6. The standard InChI is InChI=1S/C29H33N5O/c30-19-21-11-13-24(14-12-21)34-17-5-6-23(20-34)32-26-8-2-3-9-27(26)33-29-18-22(15-16-31-29)25-7-1-4-10-28(25)35/h1,4,7,10-16,18,23,26-27,32,35H,2-3,5-6,8-9,17,20H2,(H,31,33)/t23-,26+,27+/m0/s1. The SMILES string of the molecule is N#Cc1ccc(N2CCC[C@H](N[C@@H]3CCCC[C@H]3Nc3cc(-c4ccccc4O)ccn3)C2)cc1. The number of piperidine rings is 1. The van der Waals surface area contributed by atoms with E-state index in [2.05, 4.69) is 38.7 Å². The first-order chi connectivity index (χ1) is 17.2. The first-order valence-corrected chi connectivity index (χ1v) is 12.7. The number of rotatable bonds is 6. The van der Waals surface area contributed by atoms with Gasteiger partial charge in [-0.1, -0.05) is 31.0 Å². The van der Waals surface area contributed by atoms with Crippen molar-refractivity contribution in [2.75, 3.05) is 23.3 Å². The van der Waals surface area contributed by atoms with Gasteiger partial charge in [0.05, 0.1) is 11.6 Å². The Morgan fingerprint density at radius 1 is 0.943 bits per heavy atom. The van der Waals surface area contributed by atoms with E-state index in [1.54, 1.807) is 6.07 Å². The van der Waals surface area contributed by atoms with Gasteiger partial charge in [0.1, 0.15) is 11.6 Å². The molecule has 1 saturated carbocycles. The zero-order valence-electron chi connectivity index (χ0n) is 20.0. The van der Waals surface area contributed by atoms with E-state index in [1.807, 2.05) is 48.7 Å². The van der Waals surface area contributed by atoms with Crippen molar-refractivity contribution in [3.05, 3.63) is 72.4 Å². The summed E-state index contributed by atoms with van der Waals surface area (Å²) in [6.07, 6.45) is 8.89. The number of nitrogens with one attached hydrogen (secondary N) is 2. The van der Waals surface area contributed by atoms with Crippen LogP contribution in [0.4, 0.5) is 11.5 Å². The quantitative estimate of drug-likeness (QED) is 0.456. The normalized spacial score (nSPS) is 22.4. The summed E-state index contributed by atoms with van der Waals surface area (Å²) in [6.45, 7) is 2.04. The Balaban J connectivity index is 1.25. The number of hydrogen-bond donors (Lipinski definition) is 3. The van der Waals surface area contributed by atoms with Gasteiger partial charge in [0.25, 0.3) is 0 Å². The number of anilines is 2. The van der Waals surface area contributed by atoms with Crippen LogP contribution in [0.1, 0.15) is 44.1 Å². The van der Waals surface area contributed by atoms with Gasteiger partial charge in [-0.15, -0.1) is 0 Å². The molecule has 3 N–H and O–H groups in total. The molecule has 1 aliphatic heterocycles. The van der Waals surface area contributed by atoms with Gasteiger partial charge in [-0.25, -0.2) is 4.98 Å². The highest BCUT2D eigenvalue weighted by atomic mass is 16.3. The zero-order valence-corrected chi connectivity index (χ0v) is 20.0. The minimum atomic E-state index is 0.283. The zero-order chi connectivity index (χ0) is 24.0. The molecule has 6 heteroatoms. The maximum absolute atomic E-state index is 10.3. The number of aromatic nitrogens is 1. The van der Waals surface area contributed by atoms with Crippen LogP contribution in [-0.2, 0) is 0 Å². The van der Waals surface area contributed by atoms with Gasteiger partial charge >= 0.3 is 0 Å². The highest BCUT2D eigenvalue weighted by Gasteiger charge is 2.29. The summed E-state index contributed by atoms with van der Waals surface area (Å²) in [4.78, 5) is 7.02. The Kier molecular flexibility index (Phi) is 7.15. The summed E-state index contributed by atoms with van der Waals surface area (Å²) in [7, 11) is 0. The van der Waals surface area contributed by atoms with Crippen LogP contribution in [0.5, 0.6) is 5.75 Å². The molecule has 6 nitrogen and oxygen atoms in total. The lowest BCUT2D eigenvalue weighted by atomic mass is 9.89. The van der Waals surface area contributed by atoms with Gasteiger partial charge in [0.2, 0.25) is 0 Å². The van der Waals surface area contributed by atoms with E-state index < -0.39 is 0 Å². The highest BCUT2D eigenvalue weighted by Crippen LogP contribution is 2.31. The van der Waals surface area contributed by atoms with Crippen molar-refractivity contribution < 1.29 is 5.11 Å². The monoisotopic (exact) mass is 467 g/mol. The van der Waals surface area contributed by atoms with E-state index in [0.717, 1.165) is 49.3 Å². The first-order valence-electron chi connectivity index (χ1n) is 12.7. The fourth-order valence-electron chi connectivity index (χ4n) is 5.49. The molecular formula is C29H33N5O. The third-order valence-electron chi connectivity index (χ3n) is 7.31. The minimum Gasteiger partial charge on any atom is -0.507 e. The Morgan fingerprint density at radius 2 is 1.74 bits per heavy atom. The summed E-state index contributed by atoms with van der Waals surface area (Å²) >= 11 is 0. The summed E-state index contributed by atoms with van der Waals surface area (Å²) in [5.74, 6) is 1.14. The molecule has 3 atom stereocenters. The van der Waals surface area contributed by atoms with Crippen molar-refractivity contribution in [1.29, 1.82) is 5.26 Å². The molecule has 0 amide bonds. The Hall–Kier alpha value is -3.56. The second-order valence-corrected chi connectivity index (χ2v) is 9.70. The highest BCUT2D eigenvalue weighted by molar-refractivity contribution is 5.71. The molecule has 180 valence electrons. The number of para-hydroxylation sites is 1. The maximum atomic E-state index is 10.3. The van der Waals surface area contributed by atoms with E-state index in [9.17, 15) is 5.11 Å². The Morgan fingerprint density at radius 3 is 2.54 bits per heavy atom. The van der Waals surface area contributed by atoms with E-state index in [-0.39, 0.29) is 5.75 Å². The van der Waals surface area contributed by atoms with E-state index in [4.69, 9.17) is 5.26 Å². The van der Waals surface area contributed by atoms with Crippen LogP contribution in [-0.4, -0.2) is 41.3 Å². The lowest BCUT2D eigenvalue weighted by Crippen LogP contribution is -2.54. The molecule has 2 fully saturated rings. The average Bonchev–Trinajstić information content (AvgIpc) is 2.90. The van der Waals surface area contributed by atoms with Crippen LogP contribution in [0.3, 0.4) is 0 Å². The molecule has 1 saturated heterocycles. The third kappa shape index (κ3) is 5.58. The molecule has 2 heterocycles. The van der Waals surface area contributed by atoms with Crippen LogP contribution in [0.25, 0.3) is 11.1 Å². The molecule has 0 unspecified atom stereocenters. The molecule has 1 aromatic heterocycles. The number of pyridine rings is 1. The lowest BCUT2D eigenvalue weighted by Gasteiger charge is -2.40. The molecule has 3 aromatic rings. The number of benzene rings is 2. The van der Waals surface area contributed by atoms with E-state index >= 15 is 0 Å². The minimum absolute atomic E-state index is 0.283. The number of nitriles is 1. The fourth-order valence-corrected chi connectivity index (χ4v) is 5.49. The molecule has 35 heavy (non-hydrogen) atoms. The lowest BCUT2D eigenvalue weighted by molar-refractivity contribution is 0.293. The third-order valence-corrected chi connectivity index (χ3v) is 7.31. The number of nitrogens with zero attached hydrogens (tertiary/aromatic N) is 3. The van der Waals surface area contributed by atoms with Gasteiger partial charge in [-0.05, 0) is 73.7 Å². The molecule has 2 aromatic carbocycles. The Labute approximate surface area is 207 Å². The predicted octanol–water partition coefficient (Wildman–Crippen LogP) is 5.31. The number of aromatic hydroxyl groups is 1. The largest absolute Gasteiger partial charge is 0.507 e. The topological polar surface area (TPSA) is 84.2 Å². The summed E-state index contributed by atoms with van der Waals surface area (Å²) in [5.41, 5.74) is 3.68. The van der Waals surface area contributed by atoms with E-state index in [0.29, 0.717) is 23.7 Å². The van der Waals surface area contributed by atoms with Crippen LogP contribution in [0.2, 0.25) is 0 Å². The number of phenols is 1. The summed E-state index contributed by atoms with van der Waals surface area (Å²) in [6, 6.07) is 22.7. The van der Waals surface area contributed by atoms with Crippen molar-refractivity contribution >= 4 is 11.5 Å². The number of phenolic OH excluding ortho intramolecular Hbond substituents is 1. The van der Waals surface area contributed by atoms with Crippen LogP contribution in [0, 0.1) is 11.3 Å². The summed E-state index contributed by atoms with van der Waals surface area (Å²) < 4.78 is 0.